The van der Waals surface area contributed by atoms with Crippen molar-refractivity contribution in [2.24, 2.45) is 0 Å². The number of hydrogen-bond donors (Lipinski definition) is 0. The van der Waals surface area contributed by atoms with E-state index < -0.39 is 0 Å². The highest BCUT2D eigenvalue weighted by Gasteiger charge is 2.20. The van der Waals surface area contributed by atoms with Gasteiger partial charge in [-0.15, -0.1) is 0 Å². The number of aromatic nitrogens is 1. The molecule has 1 unspecified atom stereocenters. The van der Waals surface area contributed by atoms with Crippen molar-refractivity contribution in [3.05, 3.63) is 49.2 Å². The Morgan fingerprint density at radius 1 is 1.06 bits per heavy atom. The van der Waals surface area contributed by atoms with Crippen LogP contribution < -0.4 is 0 Å². The normalized spacial score (nSPS) is 18.9. The van der Waals surface area contributed by atoms with Gasteiger partial charge in [-0.05, 0) is 30.4 Å². The van der Waals surface area contributed by atoms with Crippen molar-refractivity contribution in [2.45, 2.75) is 25.4 Å². The van der Waals surface area contributed by atoms with Crippen LogP contribution in [0.4, 0.5) is 0 Å². The van der Waals surface area contributed by atoms with Gasteiger partial charge in [-0.3, -0.25) is 4.90 Å². The van der Waals surface area contributed by atoms with Gasteiger partial charge >= 0.3 is 0 Å². The third-order valence-corrected chi connectivity index (χ3v) is 3.89. The van der Waals surface area contributed by atoms with Crippen molar-refractivity contribution in [1.29, 1.82) is 0 Å². The van der Waals surface area contributed by atoms with Crippen LogP contribution in [0.25, 0.3) is 10.9 Å². The fraction of sp³-hybridized carbons (Fsp3) is 0.375. The van der Waals surface area contributed by atoms with E-state index in [9.17, 15) is 0 Å². The average Bonchev–Trinajstić information content (AvgIpc) is 2.85. The third-order valence-electron chi connectivity index (χ3n) is 3.89. The van der Waals surface area contributed by atoms with E-state index in [-0.39, 0.29) is 0 Å². The smallest absolute Gasteiger partial charge is 0.105 e. The molecule has 0 amide bonds. The van der Waals surface area contributed by atoms with Crippen LogP contribution >= 0.6 is 0 Å². The highest BCUT2D eigenvalue weighted by molar-refractivity contribution is 5.80. The van der Waals surface area contributed by atoms with Crippen LogP contribution in [0.3, 0.4) is 0 Å². The lowest BCUT2D eigenvalue weighted by atomic mass is 10.1. The number of benzene rings is 1. The summed E-state index contributed by atoms with van der Waals surface area (Å²) in [5.41, 5.74) is 1.30. The first-order chi connectivity index (χ1) is 8.90. The molecule has 0 radical (unpaired) electrons. The predicted molar refractivity (Wildman–Crippen MR) is 76.6 cm³/mol. The van der Waals surface area contributed by atoms with E-state index in [2.05, 4.69) is 58.7 Å². The molecule has 2 heterocycles. The lowest BCUT2D eigenvalue weighted by Crippen LogP contribution is -2.35. The summed E-state index contributed by atoms with van der Waals surface area (Å²) < 4.78 is 2.34. The SMILES string of the molecule is C=CC(N1CCCCC1)n1ccc2ccccc21. The first kappa shape index (κ1) is 11.5. The molecular formula is C16H20N2. The summed E-state index contributed by atoms with van der Waals surface area (Å²) in [6.07, 6.45) is 8.54. The highest BCUT2D eigenvalue weighted by atomic mass is 15.3. The van der Waals surface area contributed by atoms with Gasteiger partial charge in [0.25, 0.3) is 0 Å². The van der Waals surface area contributed by atoms with E-state index in [0.29, 0.717) is 6.17 Å². The van der Waals surface area contributed by atoms with Gasteiger partial charge in [-0.1, -0.05) is 37.3 Å². The van der Waals surface area contributed by atoms with Crippen molar-refractivity contribution >= 4 is 10.9 Å². The molecule has 2 nitrogen and oxygen atoms in total. The Labute approximate surface area is 109 Å². The van der Waals surface area contributed by atoms with Crippen molar-refractivity contribution in [1.82, 2.24) is 9.47 Å². The Kier molecular flexibility index (Phi) is 3.20. The van der Waals surface area contributed by atoms with E-state index in [1.165, 1.54) is 43.3 Å². The second-order valence-electron chi connectivity index (χ2n) is 5.03. The quantitative estimate of drug-likeness (QED) is 0.741. The van der Waals surface area contributed by atoms with E-state index in [1.807, 2.05) is 0 Å². The van der Waals surface area contributed by atoms with E-state index in [0.717, 1.165) is 0 Å². The molecule has 1 aliphatic rings. The summed E-state index contributed by atoms with van der Waals surface area (Å²) in [5.74, 6) is 0. The number of rotatable bonds is 3. The van der Waals surface area contributed by atoms with Gasteiger partial charge < -0.3 is 4.57 Å². The van der Waals surface area contributed by atoms with Gasteiger partial charge in [-0.25, -0.2) is 0 Å². The van der Waals surface area contributed by atoms with Crippen LogP contribution in [0.15, 0.2) is 49.2 Å². The maximum Gasteiger partial charge on any atom is 0.105 e. The largest absolute Gasteiger partial charge is 0.328 e. The summed E-state index contributed by atoms with van der Waals surface area (Å²) in [7, 11) is 0. The highest BCUT2D eigenvalue weighted by Crippen LogP contribution is 2.25. The van der Waals surface area contributed by atoms with Crippen LogP contribution in [0, 0.1) is 0 Å². The summed E-state index contributed by atoms with van der Waals surface area (Å²) in [5, 5.41) is 1.31. The van der Waals surface area contributed by atoms with E-state index >= 15 is 0 Å². The first-order valence-electron chi connectivity index (χ1n) is 6.82. The van der Waals surface area contributed by atoms with Crippen LogP contribution in [-0.2, 0) is 0 Å². The molecule has 1 aromatic carbocycles. The molecule has 18 heavy (non-hydrogen) atoms. The van der Waals surface area contributed by atoms with Gasteiger partial charge in [0.15, 0.2) is 0 Å². The van der Waals surface area contributed by atoms with Gasteiger partial charge in [-0.2, -0.15) is 0 Å². The van der Waals surface area contributed by atoms with Crippen molar-refractivity contribution in [3.63, 3.8) is 0 Å². The minimum Gasteiger partial charge on any atom is -0.328 e. The summed E-state index contributed by atoms with van der Waals surface area (Å²) in [4.78, 5) is 2.53. The molecule has 2 aromatic rings. The van der Waals surface area contributed by atoms with Gasteiger partial charge in [0, 0.05) is 24.8 Å². The number of hydrogen-bond acceptors (Lipinski definition) is 1. The second kappa shape index (κ2) is 4.99. The molecule has 1 saturated heterocycles. The van der Waals surface area contributed by atoms with Gasteiger partial charge in [0.2, 0.25) is 0 Å². The Hall–Kier alpha value is -1.54. The summed E-state index contributed by atoms with van der Waals surface area (Å²) >= 11 is 0. The Morgan fingerprint density at radius 3 is 2.61 bits per heavy atom. The van der Waals surface area contributed by atoms with Crippen molar-refractivity contribution in [3.8, 4) is 0 Å². The fourth-order valence-corrected chi connectivity index (χ4v) is 2.96. The Morgan fingerprint density at radius 2 is 1.83 bits per heavy atom. The van der Waals surface area contributed by atoms with Crippen LogP contribution in [0.5, 0.6) is 0 Å². The van der Waals surface area contributed by atoms with Crippen molar-refractivity contribution < 1.29 is 0 Å². The van der Waals surface area contributed by atoms with Crippen LogP contribution in [0.2, 0.25) is 0 Å². The number of para-hydroxylation sites is 1. The van der Waals surface area contributed by atoms with E-state index in [4.69, 9.17) is 0 Å². The lowest BCUT2D eigenvalue weighted by molar-refractivity contribution is 0.150. The third kappa shape index (κ3) is 1.97. The van der Waals surface area contributed by atoms with E-state index in [1.54, 1.807) is 0 Å². The maximum atomic E-state index is 4.04. The summed E-state index contributed by atoms with van der Waals surface area (Å²) in [6, 6.07) is 10.7. The number of piperidine rings is 1. The second-order valence-corrected chi connectivity index (χ2v) is 5.03. The Balaban J connectivity index is 1.97. The molecule has 1 atom stereocenters. The zero-order chi connectivity index (χ0) is 12.4. The molecule has 1 fully saturated rings. The lowest BCUT2D eigenvalue weighted by Gasteiger charge is -2.34. The van der Waals surface area contributed by atoms with Crippen molar-refractivity contribution in [2.75, 3.05) is 13.1 Å². The predicted octanol–water partition coefficient (Wildman–Crippen LogP) is 3.81. The molecule has 0 bridgehead atoms. The molecule has 0 aliphatic carbocycles. The maximum absolute atomic E-state index is 4.04. The molecule has 94 valence electrons. The molecule has 1 aromatic heterocycles. The number of nitrogens with zero attached hydrogens (tertiary/aromatic N) is 2. The zero-order valence-corrected chi connectivity index (χ0v) is 10.8. The van der Waals surface area contributed by atoms with Gasteiger partial charge in [0.05, 0.1) is 0 Å². The molecule has 0 N–H and O–H groups in total. The Bertz CT molecular complexity index is 535. The molecule has 0 spiro atoms. The molecule has 3 rings (SSSR count). The zero-order valence-electron chi connectivity index (χ0n) is 10.8. The number of fused-ring (bicyclic) bond motifs is 1. The molecule has 2 heteroatoms. The van der Waals surface area contributed by atoms with Crippen LogP contribution in [0.1, 0.15) is 25.4 Å². The topological polar surface area (TPSA) is 8.17 Å². The minimum absolute atomic E-state index is 0.296. The van der Waals surface area contributed by atoms with Gasteiger partial charge in [0.1, 0.15) is 6.17 Å². The minimum atomic E-state index is 0.296. The molecule has 1 aliphatic heterocycles. The molecular weight excluding hydrogens is 220 g/mol. The summed E-state index contributed by atoms with van der Waals surface area (Å²) in [6.45, 7) is 6.40. The fourth-order valence-electron chi connectivity index (χ4n) is 2.96. The average molecular weight is 240 g/mol. The standard InChI is InChI=1S/C16H20N2/c1-2-16(17-11-6-3-7-12-17)18-13-10-14-8-4-5-9-15(14)18/h2,4-5,8-10,13,16H,1,3,6-7,11-12H2. The first-order valence-corrected chi connectivity index (χ1v) is 6.82. The molecule has 0 saturated carbocycles. The van der Waals surface area contributed by atoms with Crippen LogP contribution in [-0.4, -0.2) is 22.6 Å². The monoisotopic (exact) mass is 240 g/mol. The number of likely N-dealkylation sites (tertiary alicyclic amines) is 1.